The Bertz CT molecular complexity index is 614. The standard InChI is InChI=1S/C18H21NO/c1-14(19-11-5-2-6-12-19)18(20)17-10-9-15-7-3-4-8-16(15)13-17/h3-4,7-10,13-14H,2,5-6,11-12H2,1H3/t14-/m1/s1. The summed E-state index contributed by atoms with van der Waals surface area (Å²) in [6.07, 6.45) is 3.73. The monoisotopic (exact) mass is 267 g/mol. The number of piperidine rings is 1. The van der Waals surface area contributed by atoms with Crippen molar-refractivity contribution in [2.24, 2.45) is 0 Å². The van der Waals surface area contributed by atoms with E-state index < -0.39 is 0 Å². The number of likely N-dealkylation sites (tertiary alicyclic amines) is 1. The van der Waals surface area contributed by atoms with E-state index in [1.165, 1.54) is 24.6 Å². The lowest BCUT2D eigenvalue weighted by Gasteiger charge is -2.31. The molecule has 104 valence electrons. The molecule has 0 bridgehead atoms. The second-order valence-electron chi connectivity index (χ2n) is 5.70. The Hall–Kier alpha value is -1.67. The molecule has 1 aliphatic heterocycles. The van der Waals surface area contributed by atoms with Crippen LogP contribution in [0.3, 0.4) is 0 Å². The van der Waals surface area contributed by atoms with Crippen molar-refractivity contribution < 1.29 is 4.79 Å². The SMILES string of the molecule is C[C@H](C(=O)c1ccc2ccccc2c1)N1CCCCC1. The second-order valence-corrected chi connectivity index (χ2v) is 5.70. The molecule has 0 aliphatic carbocycles. The van der Waals surface area contributed by atoms with Crippen LogP contribution >= 0.6 is 0 Å². The van der Waals surface area contributed by atoms with Crippen LogP contribution in [0.25, 0.3) is 10.8 Å². The van der Waals surface area contributed by atoms with E-state index in [4.69, 9.17) is 0 Å². The highest BCUT2D eigenvalue weighted by Gasteiger charge is 2.23. The molecule has 0 spiro atoms. The third kappa shape index (κ3) is 2.61. The van der Waals surface area contributed by atoms with E-state index in [0.29, 0.717) is 0 Å². The minimum atomic E-state index is -0.00328. The van der Waals surface area contributed by atoms with Gasteiger partial charge in [0.25, 0.3) is 0 Å². The third-order valence-electron chi connectivity index (χ3n) is 4.35. The average Bonchev–Trinajstić information content (AvgIpc) is 2.54. The van der Waals surface area contributed by atoms with Crippen LogP contribution in [0.2, 0.25) is 0 Å². The first-order chi connectivity index (χ1) is 9.75. The fourth-order valence-corrected chi connectivity index (χ4v) is 3.06. The van der Waals surface area contributed by atoms with Gasteiger partial charge in [-0.15, -0.1) is 0 Å². The fraction of sp³-hybridized carbons (Fsp3) is 0.389. The van der Waals surface area contributed by atoms with Crippen LogP contribution in [0, 0.1) is 0 Å². The van der Waals surface area contributed by atoms with Crippen molar-refractivity contribution in [3.63, 3.8) is 0 Å². The Balaban J connectivity index is 1.83. The van der Waals surface area contributed by atoms with E-state index in [1.807, 2.05) is 37.3 Å². The van der Waals surface area contributed by atoms with Crippen LogP contribution in [-0.2, 0) is 0 Å². The summed E-state index contributed by atoms with van der Waals surface area (Å²) in [6.45, 7) is 4.16. The van der Waals surface area contributed by atoms with Crippen LogP contribution in [-0.4, -0.2) is 29.8 Å². The van der Waals surface area contributed by atoms with Gasteiger partial charge in [-0.1, -0.05) is 42.8 Å². The molecule has 0 aromatic heterocycles. The Morgan fingerprint density at radius 1 is 1.00 bits per heavy atom. The number of hydrogen-bond donors (Lipinski definition) is 0. The quantitative estimate of drug-likeness (QED) is 0.786. The molecule has 2 aromatic carbocycles. The smallest absolute Gasteiger partial charge is 0.179 e. The molecule has 1 aliphatic rings. The highest BCUT2D eigenvalue weighted by Crippen LogP contribution is 2.19. The predicted molar refractivity (Wildman–Crippen MR) is 83.2 cm³/mol. The molecular formula is C18H21NO. The number of carbonyl (C=O) groups is 1. The number of fused-ring (bicyclic) bond motifs is 1. The summed E-state index contributed by atoms with van der Waals surface area (Å²) >= 11 is 0. The Morgan fingerprint density at radius 2 is 1.70 bits per heavy atom. The zero-order valence-corrected chi connectivity index (χ0v) is 12.0. The minimum Gasteiger partial charge on any atom is -0.294 e. The van der Waals surface area contributed by atoms with Gasteiger partial charge in [-0.25, -0.2) is 0 Å². The summed E-state index contributed by atoms with van der Waals surface area (Å²) in [5.74, 6) is 0.248. The molecule has 2 nitrogen and oxygen atoms in total. The van der Waals surface area contributed by atoms with E-state index in [-0.39, 0.29) is 11.8 Å². The first-order valence-corrected chi connectivity index (χ1v) is 7.53. The molecule has 0 N–H and O–H groups in total. The summed E-state index contributed by atoms with van der Waals surface area (Å²) in [5.41, 5.74) is 0.835. The van der Waals surface area contributed by atoms with Gasteiger partial charge in [-0.2, -0.15) is 0 Å². The molecule has 1 saturated heterocycles. The largest absolute Gasteiger partial charge is 0.294 e. The molecule has 2 aromatic rings. The van der Waals surface area contributed by atoms with Gasteiger partial charge in [-0.3, -0.25) is 9.69 Å². The van der Waals surface area contributed by atoms with Crippen molar-refractivity contribution >= 4 is 16.6 Å². The van der Waals surface area contributed by atoms with Gasteiger partial charge in [-0.05, 0) is 49.7 Å². The first-order valence-electron chi connectivity index (χ1n) is 7.53. The van der Waals surface area contributed by atoms with Crippen molar-refractivity contribution in [3.8, 4) is 0 Å². The maximum Gasteiger partial charge on any atom is 0.179 e. The number of nitrogens with zero attached hydrogens (tertiary/aromatic N) is 1. The topological polar surface area (TPSA) is 20.3 Å². The lowest BCUT2D eigenvalue weighted by molar-refractivity contribution is 0.0809. The van der Waals surface area contributed by atoms with Crippen LogP contribution < -0.4 is 0 Å². The van der Waals surface area contributed by atoms with Crippen molar-refractivity contribution in [2.75, 3.05) is 13.1 Å². The number of rotatable bonds is 3. The molecule has 1 fully saturated rings. The zero-order chi connectivity index (χ0) is 13.9. The molecule has 20 heavy (non-hydrogen) atoms. The van der Waals surface area contributed by atoms with Crippen molar-refractivity contribution in [1.29, 1.82) is 0 Å². The van der Waals surface area contributed by atoms with Crippen molar-refractivity contribution in [1.82, 2.24) is 4.90 Å². The molecule has 0 saturated carbocycles. The minimum absolute atomic E-state index is 0.00328. The lowest BCUT2D eigenvalue weighted by Crippen LogP contribution is -2.42. The molecule has 0 unspecified atom stereocenters. The van der Waals surface area contributed by atoms with Gasteiger partial charge in [0.15, 0.2) is 5.78 Å². The average molecular weight is 267 g/mol. The van der Waals surface area contributed by atoms with Gasteiger partial charge in [0, 0.05) is 5.56 Å². The molecule has 1 atom stereocenters. The number of Topliss-reactive ketones (excluding diaryl/α,β-unsaturated/α-hetero) is 1. The third-order valence-corrected chi connectivity index (χ3v) is 4.35. The van der Waals surface area contributed by atoms with Gasteiger partial charge >= 0.3 is 0 Å². The zero-order valence-electron chi connectivity index (χ0n) is 12.0. The maximum atomic E-state index is 12.6. The summed E-state index contributed by atoms with van der Waals surface area (Å²) in [4.78, 5) is 15.0. The number of ketones is 1. The Kier molecular flexibility index (Phi) is 3.83. The van der Waals surface area contributed by atoms with E-state index >= 15 is 0 Å². The summed E-state index contributed by atoms with van der Waals surface area (Å²) in [5, 5.41) is 2.33. The van der Waals surface area contributed by atoms with Crippen LogP contribution in [0.1, 0.15) is 36.5 Å². The number of carbonyl (C=O) groups excluding carboxylic acids is 1. The Morgan fingerprint density at radius 3 is 2.45 bits per heavy atom. The molecule has 0 amide bonds. The molecule has 1 heterocycles. The molecule has 0 radical (unpaired) electrons. The van der Waals surface area contributed by atoms with E-state index in [2.05, 4.69) is 17.0 Å². The highest BCUT2D eigenvalue weighted by molar-refractivity contribution is 6.02. The summed E-state index contributed by atoms with van der Waals surface area (Å²) in [7, 11) is 0. The molecule has 2 heteroatoms. The lowest BCUT2D eigenvalue weighted by atomic mass is 9.99. The summed E-state index contributed by atoms with van der Waals surface area (Å²) < 4.78 is 0. The first kappa shape index (κ1) is 13.3. The maximum absolute atomic E-state index is 12.6. The van der Waals surface area contributed by atoms with Crippen LogP contribution in [0.4, 0.5) is 0 Å². The van der Waals surface area contributed by atoms with Crippen molar-refractivity contribution in [2.45, 2.75) is 32.2 Å². The summed E-state index contributed by atoms with van der Waals surface area (Å²) in [6, 6.07) is 14.2. The number of benzene rings is 2. The Labute approximate surface area is 120 Å². The van der Waals surface area contributed by atoms with E-state index in [1.54, 1.807) is 0 Å². The normalized spacial score (nSPS) is 18.1. The van der Waals surface area contributed by atoms with Gasteiger partial charge in [0.1, 0.15) is 0 Å². The highest BCUT2D eigenvalue weighted by atomic mass is 16.1. The van der Waals surface area contributed by atoms with Crippen LogP contribution in [0.5, 0.6) is 0 Å². The van der Waals surface area contributed by atoms with Gasteiger partial charge in [0.05, 0.1) is 6.04 Å². The van der Waals surface area contributed by atoms with Gasteiger partial charge in [0.2, 0.25) is 0 Å². The van der Waals surface area contributed by atoms with E-state index in [0.717, 1.165) is 24.0 Å². The van der Waals surface area contributed by atoms with E-state index in [9.17, 15) is 4.79 Å². The van der Waals surface area contributed by atoms with Gasteiger partial charge < -0.3 is 0 Å². The molecule has 3 rings (SSSR count). The fourth-order valence-electron chi connectivity index (χ4n) is 3.06. The predicted octanol–water partition coefficient (Wildman–Crippen LogP) is 3.90. The van der Waals surface area contributed by atoms with Crippen molar-refractivity contribution in [3.05, 3.63) is 48.0 Å². The van der Waals surface area contributed by atoms with Crippen LogP contribution in [0.15, 0.2) is 42.5 Å². The second kappa shape index (κ2) is 5.76. The molecular weight excluding hydrogens is 246 g/mol. The number of hydrogen-bond acceptors (Lipinski definition) is 2.